The zero-order valence-electron chi connectivity index (χ0n) is 17.7. The summed E-state index contributed by atoms with van der Waals surface area (Å²) in [5.41, 5.74) is 0. The maximum Gasteiger partial charge on any atom is 0.306 e. The molecule has 6 heteroatoms. The van der Waals surface area contributed by atoms with Gasteiger partial charge in [0.15, 0.2) is 6.10 Å². The third-order valence-corrected chi connectivity index (χ3v) is 3.90. The van der Waals surface area contributed by atoms with E-state index in [0.717, 1.165) is 38.5 Å². The third-order valence-electron chi connectivity index (χ3n) is 3.90. The minimum atomic E-state index is -0.753. The number of unbranched alkanes of at least 4 members (excludes halogenated alkanes) is 8. The summed E-state index contributed by atoms with van der Waals surface area (Å²) >= 11 is 0. The zero-order valence-corrected chi connectivity index (χ0v) is 17.7. The van der Waals surface area contributed by atoms with Crippen LogP contribution in [-0.4, -0.2) is 48.1 Å². The molecular formula is C21H42O6. The highest BCUT2D eigenvalue weighted by atomic mass is 16.6. The minimum Gasteiger partial charge on any atom is -0.462 e. The van der Waals surface area contributed by atoms with Gasteiger partial charge in [0.25, 0.3) is 0 Å². The monoisotopic (exact) mass is 390 g/mol. The number of aliphatic hydroxyl groups is 2. The summed E-state index contributed by atoms with van der Waals surface area (Å²) in [6, 6.07) is 0. The minimum absolute atomic E-state index is 0.0636. The van der Waals surface area contributed by atoms with Gasteiger partial charge in [-0.1, -0.05) is 65.2 Å². The Balaban J connectivity index is 0. The topological polar surface area (TPSA) is 93.1 Å². The molecular weight excluding hydrogens is 348 g/mol. The van der Waals surface area contributed by atoms with Crippen LogP contribution < -0.4 is 0 Å². The van der Waals surface area contributed by atoms with Gasteiger partial charge in [0.1, 0.15) is 6.61 Å². The lowest BCUT2D eigenvalue weighted by Gasteiger charge is -2.15. The van der Waals surface area contributed by atoms with Crippen molar-refractivity contribution >= 4 is 11.9 Å². The number of hydrogen-bond donors (Lipinski definition) is 2. The second kappa shape index (κ2) is 22.9. The maximum absolute atomic E-state index is 11.7. The molecule has 0 amide bonds. The molecule has 162 valence electrons. The molecule has 0 radical (unpaired) electrons. The number of carbonyl (C=O) groups excluding carboxylic acids is 2. The Morgan fingerprint density at radius 1 is 0.741 bits per heavy atom. The van der Waals surface area contributed by atoms with Crippen molar-refractivity contribution in [2.45, 2.75) is 104 Å². The molecule has 0 aromatic carbocycles. The second-order valence-corrected chi connectivity index (χ2v) is 6.62. The smallest absolute Gasteiger partial charge is 0.306 e. The SMILES string of the molecule is CCCCCCCC(=O)OCC(CO)OC(=O)CCCCCCC.CCO. The Kier molecular flexibility index (Phi) is 23.8. The van der Waals surface area contributed by atoms with E-state index >= 15 is 0 Å². The van der Waals surface area contributed by atoms with Crippen LogP contribution >= 0.6 is 0 Å². The average Bonchev–Trinajstić information content (AvgIpc) is 2.65. The molecule has 6 nitrogen and oxygen atoms in total. The molecule has 0 aliphatic rings. The lowest BCUT2D eigenvalue weighted by Crippen LogP contribution is -2.28. The summed E-state index contributed by atoms with van der Waals surface area (Å²) in [7, 11) is 0. The van der Waals surface area contributed by atoms with E-state index < -0.39 is 6.10 Å². The predicted octanol–water partition coefficient (Wildman–Crippen LogP) is 4.15. The van der Waals surface area contributed by atoms with E-state index in [1.165, 1.54) is 25.7 Å². The van der Waals surface area contributed by atoms with Crippen LogP contribution in [0.2, 0.25) is 0 Å². The van der Waals surface area contributed by atoms with Gasteiger partial charge >= 0.3 is 11.9 Å². The van der Waals surface area contributed by atoms with E-state index in [2.05, 4.69) is 13.8 Å². The molecule has 1 atom stereocenters. The molecule has 0 spiro atoms. The molecule has 0 bridgehead atoms. The van der Waals surface area contributed by atoms with Crippen molar-refractivity contribution < 1.29 is 29.3 Å². The first-order valence-electron chi connectivity index (χ1n) is 10.6. The van der Waals surface area contributed by atoms with Gasteiger partial charge in [0.2, 0.25) is 0 Å². The first kappa shape index (κ1) is 28.1. The highest BCUT2D eigenvalue weighted by Gasteiger charge is 2.15. The van der Waals surface area contributed by atoms with E-state index in [1.54, 1.807) is 6.92 Å². The number of ether oxygens (including phenoxy) is 2. The van der Waals surface area contributed by atoms with E-state index in [4.69, 9.17) is 14.6 Å². The average molecular weight is 391 g/mol. The van der Waals surface area contributed by atoms with E-state index in [-0.39, 0.29) is 31.8 Å². The van der Waals surface area contributed by atoms with Gasteiger partial charge in [-0.25, -0.2) is 0 Å². The predicted molar refractivity (Wildman–Crippen MR) is 107 cm³/mol. The highest BCUT2D eigenvalue weighted by molar-refractivity contribution is 5.70. The van der Waals surface area contributed by atoms with Gasteiger partial charge in [-0.15, -0.1) is 0 Å². The van der Waals surface area contributed by atoms with Crippen LogP contribution in [0.15, 0.2) is 0 Å². The van der Waals surface area contributed by atoms with Crippen molar-refractivity contribution in [3.63, 3.8) is 0 Å². The van der Waals surface area contributed by atoms with E-state index in [9.17, 15) is 14.7 Å². The number of rotatable bonds is 16. The summed E-state index contributed by atoms with van der Waals surface area (Å²) in [4.78, 5) is 23.3. The Hall–Kier alpha value is -1.14. The summed E-state index contributed by atoms with van der Waals surface area (Å²) in [6.45, 7) is 5.83. The second-order valence-electron chi connectivity index (χ2n) is 6.62. The van der Waals surface area contributed by atoms with Crippen molar-refractivity contribution in [1.82, 2.24) is 0 Å². The van der Waals surface area contributed by atoms with Gasteiger partial charge in [-0.2, -0.15) is 0 Å². The number of carbonyl (C=O) groups is 2. The Morgan fingerprint density at radius 3 is 1.63 bits per heavy atom. The fourth-order valence-electron chi connectivity index (χ4n) is 2.37. The number of esters is 2. The fourth-order valence-corrected chi connectivity index (χ4v) is 2.37. The molecule has 0 aliphatic heterocycles. The Labute approximate surface area is 165 Å². The quantitative estimate of drug-likeness (QED) is 0.304. The van der Waals surface area contributed by atoms with Crippen LogP contribution in [0.4, 0.5) is 0 Å². The zero-order chi connectivity index (χ0) is 20.8. The lowest BCUT2D eigenvalue weighted by molar-refractivity contribution is -0.161. The molecule has 0 aliphatic carbocycles. The Bertz CT molecular complexity index is 333. The standard InChI is InChI=1S/C19H36O5.C2H6O/c1-3-5-7-9-11-13-18(21)23-16-17(15-20)24-19(22)14-12-10-8-6-4-2;1-2-3/h17,20H,3-16H2,1-2H3;3H,2H2,1H3. The van der Waals surface area contributed by atoms with Crippen LogP contribution in [-0.2, 0) is 19.1 Å². The van der Waals surface area contributed by atoms with Crippen LogP contribution in [0, 0.1) is 0 Å². The molecule has 0 saturated carbocycles. The summed E-state index contributed by atoms with van der Waals surface area (Å²) in [5, 5.41) is 16.8. The molecule has 0 aromatic rings. The van der Waals surface area contributed by atoms with Gasteiger partial charge in [-0.3, -0.25) is 9.59 Å². The van der Waals surface area contributed by atoms with Crippen molar-refractivity contribution in [3.05, 3.63) is 0 Å². The van der Waals surface area contributed by atoms with Gasteiger partial charge < -0.3 is 19.7 Å². The van der Waals surface area contributed by atoms with Crippen LogP contribution in [0.3, 0.4) is 0 Å². The van der Waals surface area contributed by atoms with Gasteiger partial charge in [0, 0.05) is 19.4 Å². The Morgan fingerprint density at radius 2 is 1.19 bits per heavy atom. The molecule has 2 N–H and O–H groups in total. The largest absolute Gasteiger partial charge is 0.462 e. The van der Waals surface area contributed by atoms with Crippen LogP contribution in [0.5, 0.6) is 0 Å². The molecule has 27 heavy (non-hydrogen) atoms. The molecule has 0 aromatic heterocycles. The summed E-state index contributed by atoms with van der Waals surface area (Å²) < 4.78 is 10.2. The highest BCUT2D eigenvalue weighted by Crippen LogP contribution is 2.08. The fraction of sp³-hybridized carbons (Fsp3) is 0.905. The van der Waals surface area contributed by atoms with Gasteiger partial charge in [0.05, 0.1) is 6.61 Å². The van der Waals surface area contributed by atoms with Crippen molar-refractivity contribution in [2.24, 2.45) is 0 Å². The molecule has 0 heterocycles. The van der Waals surface area contributed by atoms with Crippen LogP contribution in [0.1, 0.15) is 97.8 Å². The van der Waals surface area contributed by atoms with Crippen molar-refractivity contribution in [2.75, 3.05) is 19.8 Å². The molecule has 0 saturated heterocycles. The van der Waals surface area contributed by atoms with E-state index in [1.807, 2.05) is 0 Å². The lowest BCUT2D eigenvalue weighted by atomic mass is 10.1. The van der Waals surface area contributed by atoms with Gasteiger partial charge in [-0.05, 0) is 19.8 Å². The van der Waals surface area contributed by atoms with Crippen molar-refractivity contribution in [1.29, 1.82) is 0 Å². The van der Waals surface area contributed by atoms with Crippen LogP contribution in [0.25, 0.3) is 0 Å². The van der Waals surface area contributed by atoms with E-state index in [0.29, 0.717) is 12.8 Å². The molecule has 0 rings (SSSR count). The summed E-state index contributed by atoms with van der Waals surface area (Å²) in [6.07, 6.45) is 10.6. The first-order chi connectivity index (χ1) is 13.0. The first-order valence-corrected chi connectivity index (χ1v) is 10.6. The molecule has 0 fully saturated rings. The number of aliphatic hydroxyl groups excluding tert-OH is 2. The summed E-state index contributed by atoms with van der Waals surface area (Å²) in [5.74, 6) is -0.623. The van der Waals surface area contributed by atoms with Crippen molar-refractivity contribution in [3.8, 4) is 0 Å². The normalized spacial score (nSPS) is 11.3. The maximum atomic E-state index is 11.7. The molecule has 1 unspecified atom stereocenters. The third kappa shape index (κ3) is 22.8. The number of hydrogen-bond acceptors (Lipinski definition) is 6.